The molecule has 0 aromatic carbocycles. The van der Waals surface area contributed by atoms with Gasteiger partial charge in [0.25, 0.3) is 5.91 Å². The second kappa shape index (κ2) is 6.86. The molecule has 8 heteroatoms. The van der Waals surface area contributed by atoms with Gasteiger partial charge in [-0.05, 0) is 17.7 Å². The number of aryl methyl sites for hydroxylation is 1. The predicted octanol–water partition coefficient (Wildman–Crippen LogP) is 0.782. The van der Waals surface area contributed by atoms with Gasteiger partial charge in [-0.25, -0.2) is 4.99 Å². The summed E-state index contributed by atoms with van der Waals surface area (Å²) in [6.07, 6.45) is 8.40. The molecule has 8 nitrogen and oxygen atoms in total. The van der Waals surface area contributed by atoms with Crippen molar-refractivity contribution in [2.45, 2.75) is 0 Å². The average Bonchev–Trinajstić information content (AvgIpc) is 2.96. The van der Waals surface area contributed by atoms with Gasteiger partial charge in [0, 0.05) is 38.0 Å². The number of fused-ring (bicyclic) bond motifs is 1. The third kappa shape index (κ3) is 3.43. The van der Waals surface area contributed by atoms with E-state index >= 15 is 0 Å². The minimum absolute atomic E-state index is 0.0837. The van der Waals surface area contributed by atoms with E-state index in [1.807, 2.05) is 6.08 Å². The molecule has 1 aromatic rings. The van der Waals surface area contributed by atoms with E-state index < -0.39 is 5.91 Å². The number of ether oxygens (including phenoxy) is 2. The van der Waals surface area contributed by atoms with Gasteiger partial charge >= 0.3 is 0 Å². The second-order valence-corrected chi connectivity index (χ2v) is 5.65. The number of hydrogen-bond acceptors (Lipinski definition) is 5. The third-order valence-corrected chi connectivity index (χ3v) is 3.84. The van der Waals surface area contributed by atoms with Gasteiger partial charge in [-0.1, -0.05) is 6.08 Å². The first-order valence-corrected chi connectivity index (χ1v) is 7.62. The Bertz CT molecular complexity index is 845. The highest BCUT2D eigenvalue weighted by atomic mass is 16.5. The van der Waals surface area contributed by atoms with Gasteiger partial charge in [0.1, 0.15) is 5.56 Å². The first kappa shape index (κ1) is 16.8. The van der Waals surface area contributed by atoms with Gasteiger partial charge in [-0.3, -0.25) is 14.3 Å². The van der Waals surface area contributed by atoms with Crippen LogP contribution in [0.15, 0.2) is 46.8 Å². The van der Waals surface area contributed by atoms with Crippen molar-refractivity contribution < 1.29 is 19.1 Å². The molecule has 1 aliphatic heterocycles. The Morgan fingerprint density at radius 1 is 1.40 bits per heavy atom. The molecule has 0 bridgehead atoms. The molecule has 1 aliphatic carbocycles. The fourth-order valence-electron chi connectivity index (χ4n) is 2.78. The van der Waals surface area contributed by atoms with E-state index in [2.05, 4.69) is 15.4 Å². The summed E-state index contributed by atoms with van der Waals surface area (Å²) >= 11 is 0. The molecule has 0 saturated carbocycles. The molecular formula is C17H18N4O4. The number of allylic oxidation sites excluding steroid dienone is 3. The van der Waals surface area contributed by atoms with Crippen LogP contribution in [0, 0.1) is 5.92 Å². The summed E-state index contributed by atoms with van der Waals surface area (Å²) in [5.41, 5.74) is 2.25. The van der Waals surface area contributed by atoms with Crippen LogP contribution in [-0.4, -0.2) is 48.1 Å². The quantitative estimate of drug-likeness (QED) is 0.873. The lowest BCUT2D eigenvalue weighted by Crippen LogP contribution is -2.34. The molecule has 1 aromatic heterocycles. The number of amides is 2. The fourth-order valence-corrected chi connectivity index (χ4v) is 2.78. The van der Waals surface area contributed by atoms with Crippen LogP contribution in [-0.2, 0) is 16.6 Å². The lowest BCUT2D eigenvalue weighted by atomic mass is 9.88. The van der Waals surface area contributed by atoms with Crippen molar-refractivity contribution in [1.29, 1.82) is 0 Å². The van der Waals surface area contributed by atoms with E-state index in [4.69, 9.17) is 9.47 Å². The van der Waals surface area contributed by atoms with Gasteiger partial charge < -0.3 is 14.8 Å². The summed E-state index contributed by atoms with van der Waals surface area (Å²) in [5.74, 6) is -0.544. The summed E-state index contributed by atoms with van der Waals surface area (Å²) in [4.78, 5) is 28.3. The van der Waals surface area contributed by atoms with Gasteiger partial charge in [0.2, 0.25) is 11.8 Å². The minimum Gasteiger partial charge on any atom is -0.479 e. The van der Waals surface area contributed by atoms with Crippen LogP contribution in [0.5, 0.6) is 5.88 Å². The number of nitrogens with one attached hydrogen (secondary N) is 1. The Hall–Kier alpha value is -3.00. The summed E-state index contributed by atoms with van der Waals surface area (Å²) in [6.45, 7) is 0.359. The average molecular weight is 342 g/mol. The van der Waals surface area contributed by atoms with E-state index in [1.165, 1.54) is 17.9 Å². The molecule has 0 spiro atoms. The number of hydrogen-bond donors (Lipinski definition) is 1. The molecule has 1 unspecified atom stereocenters. The molecule has 3 rings (SSSR count). The van der Waals surface area contributed by atoms with Crippen molar-refractivity contribution in [3.63, 3.8) is 0 Å². The maximum Gasteiger partial charge on any atom is 0.284 e. The van der Waals surface area contributed by atoms with Crippen LogP contribution >= 0.6 is 0 Å². The van der Waals surface area contributed by atoms with Crippen molar-refractivity contribution in [1.82, 2.24) is 15.1 Å². The number of aromatic nitrogens is 2. The van der Waals surface area contributed by atoms with Crippen molar-refractivity contribution in [2.24, 2.45) is 18.0 Å². The molecule has 0 radical (unpaired) electrons. The zero-order chi connectivity index (χ0) is 18.0. The van der Waals surface area contributed by atoms with Crippen LogP contribution < -0.4 is 10.1 Å². The summed E-state index contributed by atoms with van der Waals surface area (Å²) in [6, 6.07) is 0. The second-order valence-electron chi connectivity index (χ2n) is 5.65. The highest BCUT2D eigenvalue weighted by Crippen LogP contribution is 2.27. The number of nitrogens with zero attached hydrogens (tertiary/aromatic N) is 3. The Kier molecular flexibility index (Phi) is 4.62. The highest BCUT2D eigenvalue weighted by molar-refractivity contribution is 6.14. The molecule has 2 amide bonds. The lowest BCUT2D eigenvalue weighted by Gasteiger charge is -2.27. The molecule has 0 saturated heterocycles. The number of aliphatic imine (C=N–C) groups is 1. The largest absolute Gasteiger partial charge is 0.479 e. The van der Waals surface area contributed by atoms with Crippen molar-refractivity contribution in [3.8, 4) is 5.88 Å². The van der Waals surface area contributed by atoms with Gasteiger partial charge in [0.15, 0.2) is 0 Å². The summed E-state index contributed by atoms with van der Waals surface area (Å²) < 4.78 is 11.7. The fraction of sp³-hybridized carbons (Fsp3) is 0.294. The van der Waals surface area contributed by atoms with E-state index in [0.717, 1.165) is 5.57 Å². The molecule has 2 heterocycles. The van der Waals surface area contributed by atoms with E-state index in [0.29, 0.717) is 18.0 Å². The van der Waals surface area contributed by atoms with Gasteiger partial charge in [-0.2, -0.15) is 0 Å². The van der Waals surface area contributed by atoms with Crippen LogP contribution in [0.3, 0.4) is 0 Å². The molecule has 130 valence electrons. The van der Waals surface area contributed by atoms with Gasteiger partial charge in [0.05, 0.1) is 19.4 Å². The van der Waals surface area contributed by atoms with Crippen LogP contribution in [0.2, 0.25) is 0 Å². The molecule has 0 fully saturated rings. The number of carbonyl (C=O) groups is 2. The monoisotopic (exact) mass is 342 g/mol. The normalized spacial score (nSPS) is 20.7. The Morgan fingerprint density at radius 3 is 2.92 bits per heavy atom. The van der Waals surface area contributed by atoms with E-state index in [-0.39, 0.29) is 23.3 Å². The van der Waals surface area contributed by atoms with E-state index in [9.17, 15) is 9.59 Å². The summed E-state index contributed by atoms with van der Waals surface area (Å²) in [5, 5.41) is 6.82. The standard InChI is InChI=1S/C17H18N4O4/c1-21-8-13(17(20-21)25-3)16(23)18-11-4-5-12-10(9-24-2)6-15(22)19-14(12)7-11/h4-8,12H,9H2,1-3H3,(H,19,22). The molecule has 1 atom stereocenters. The van der Waals surface area contributed by atoms with Crippen LogP contribution in [0.25, 0.3) is 0 Å². The molecule has 25 heavy (non-hydrogen) atoms. The lowest BCUT2D eigenvalue weighted by molar-refractivity contribution is -0.116. The summed E-state index contributed by atoms with van der Waals surface area (Å²) in [7, 11) is 4.72. The minimum atomic E-state index is -0.463. The zero-order valence-corrected chi connectivity index (χ0v) is 14.1. The Morgan fingerprint density at radius 2 is 2.20 bits per heavy atom. The van der Waals surface area contributed by atoms with Crippen molar-refractivity contribution >= 4 is 17.5 Å². The van der Waals surface area contributed by atoms with Crippen molar-refractivity contribution in [2.75, 3.05) is 20.8 Å². The van der Waals surface area contributed by atoms with E-state index in [1.54, 1.807) is 32.5 Å². The molecular weight excluding hydrogens is 324 g/mol. The smallest absolute Gasteiger partial charge is 0.284 e. The van der Waals surface area contributed by atoms with Gasteiger partial charge in [-0.15, -0.1) is 5.10 Å². The Balaban J connectivity index is 1.87. The number of carbonyl (C=O) groups excluding carboxylic acids is 2. The molecule has 1 N–H and O–H groups in total. The highest BCUT2D eigenvalue weighted by Gasteiger charge is 2.26. The Labute approximate surface area is 144 Å². The first-order chi connectivity index (χ1) is 12.0. The van der Waals surface area contributed by atoms with Crippen molar-refractivity contribution in [3.05, 3.63) is 47.3 Å². The third-order valence-electron chi connectivity index (χ3n) is 3.84. The number of methoxy groups -OCH3 is 2. The maximum absolute atomic E-state index is 12.4. The maximum atomic E-state index is 12.4. The topological polar surface area (TPSA) is 94.8 Å². The predicted molar refractivity (Wildman–Crippen MR) is 90.3 cm³/mol. The number of rotatable bonds is 4. The first-order valence-electron chi connectivity index (χ1n) is 7.62. The molecule has 2 aliphatic rings. The SMILES string of the molecule is COCC1=CC(=O)NC2=CC(=NC(=O)c3cn(C)nc3OC)C=CC12. The zero-order valence-electron chi connectivity index (χ0n) is 14.1. The van der Waals surface area contributed by atoms with Crippen LogP contribution in [0.1, 0.15) is 10.4 Å². The van der Waals surface area contributed by atoms with Crippen LogP contribution in [0.4, 0.5) is 0 Å².